The summed E-state index contributed by atoms with van der Waals surface area (Å²) in [7, 11) is 0. The van der Waals surface area contributed by atoms with Crippen molar-refractivity contribution in [2.75, 3.05) is 14.7 Å². The van der Waals surface area contributed by atoms with Crippen molar-refractivity contribution in [2.24, 2.45) is 0 Å². The normalized spacial score (nSPS) is 14.9. The van der Waals surface area contributed by atoms with Gasteiger partial charge in [0.05, 0.1) is 16.2 Å². The molecule has 0 N–H and O–H groups in total. The van der Waals surface area contributed by atoms with Gasteiger partial charge in [-0.25, -0.2) is 0 Å². The molecular weight excluding hydrogens is 1480 g/mol. The third-order valence-corrected chi connectivity index (χ3v) is 27.8. The van der Waals surface area contributed by atoms with Crippen LogP contribution in [0.15, 0.2) is 328 Å². The first-order valence-electron chi connectivity index (χ1n) is 44.6. The van der Waals surface area contributed by atoms with Gasteiger partial charge in [0.2, 0.25) is 0 Å². The number of benzene rings is 15. The van der Waals surface area contributed by atoms with E-state index in [1.54, 1.807) is 0 Å². The first kappa shape index (κ1) is 80.4. The van der Waals surface area contributed by atoms with Crippen molar-refractivity contribution in [2.45, 2.75) is 194 Å². The molecular formula is C120H117N3. The van der Waals surface area contributed by atoms with Gasteiger partial charge >= 0.3 is 0 Å². The lowest BCUT2D eigenvalue weighted by Gasteiger charge is -2.37. The largest absolute Gasteiger partial charge is 0.311 e. The van der Waals surface area contributed by atoms with E-state index in [-0.39, 0.29) is 32.5 Å². The van der Waals surface area contributed by atoms with E-state index in [0.717, 1.165) is 51.2 Å². The molecule has 3 spiro atoms. The molecule has 15 aromatic rings. The van der Waals surface area contributed by atoms with Crippen LogP contribution in [0.1, 0.15) is 241 Å². The van der Waals surface area contributed by atoms with Crippen molar-refractivity contribution >= 4 is 51.2 Å². The Labute approximate surface area is 732 Å². The minimum atomic E-state index is -0.753. The zero-order valence-electron chi connectivity index (χ0n) is 76.0. The van der Waals surface area contributed by atoms with E-state index in [4.69, 9.17) is 0 Å². The molecule has 0 saturated carbocycles. The van der Waals surface area contributed by atoms with Crippen LogP contribution >= 0.6 is 0 Å². The summed E-state index contributed by atoms with van der Waals surface area (Å²) in [6, 6.07) is 130. The maximum atomic E-state index is 2.56. The predicted octanol–water partition coefficient (Wildman–Crippen LogP) is 32.2. The summed E-state index contributed by atoms with van der Waals surface area (Å²) in [5.74, 6) is 0. The molecule has 28 rings (SSSR count). The minimum absolute atomic E-state index is 0.134. The van der Waals surface area contributed by atoms with Gasteiger partial charge in [-0.05, 0) is 296 Å². The fourth-order valence-corrected chi connectivity index (χ4v) is 20.7. The van der Waals surface area contributed by atoms with Crippen LogP contribution in [0, 0.1) is 20.8 Å². The van der Waals surface area contributed by atoms with Gasteiger partial charge in [-0.1, -0.05) is 360 Å². The Balaban J connectivity index is 0.910. The van der Waals surface area contributed by atoms with Crippen LogP contribution in [0.5, 0.6) is 0 Å². The second kappa shape index (κ2) is 28.7. The van der Waals surface area contributed by atoms with E-state index in [1.807, 2.05) is 0 Å². The summed E-state index contributed by atoms with van der Waals surface area (Å²) < 4.78 is 0. The van der Waals surface area contributed by atoms with Gasteiger partial charge in [0.25, 0.3) is 0 Å². The average Bonchev–Trinajstić information content (AvgIpc) is 1.55. The van der Waals surface area contributed by atoms with Crippen LogP contribution in [0.25, 0.3) is 33.4 Å². The van der Waals surface area contributed by atoms with Crippen molar-refractivity contribution in [1.29, 1.82) is 0 Å². The van der Waals surface area contributed by atoms with Crippen LogP contribution in [-0.4, -0.2) is 0 Å². The maximum absolute atomic E-state index is 2.56. The van der Waals surface area contributed by atoms with E-state index in [9.17, 15) is 0 Å². The SMILES string of the molecule is Cc1ccc(N2c3ccc(cc3)C3(c4ccc(cc4)N(c4ccc(C)cc4)c4ccc(cc4)C4(c5ccc(cc5)N(c5ccc(C)cc5)c5ccc(cc5)C5(c6ccc2cc6)c2cc(C(C)(C)C)ccc2-c2ccc(C(C)(C)C)cc25)c2cc(C(C)(C)C)ccc2-c2ccc(C(C)(C)C)cc24)c2cc(C(C)(C)C)ccc2-c2ccc(C(C)(C)C)cc23)cc1. The van der Waals surface area contributed by atoms with Crippen LogP contribution in [0.4, 0.5) is 51.2 Å². The van der Waals surface area contributed by atoms with Gasteiger partial charge in [-0.2, -0.15) is 0 Å². The quantitative estimate of drug-likeness (QED) is 0.175. The molecule has 13 aliphatic rings. The number of anilines is 9. The van der Waals surface area contributed by atoms with Gasteiger partial charge in [0.1, 0.15) is 0 Å². The number of fused-ring (bicyclic) bond motifs is 9. The van der Waals surface area contributed by atoms with Gasteiger partial charge in [-0.15, -0.1) is 0 Å². The molecule has 10 aliphatic heterocycles. The molecule has 0 aromatic heterocycles. The molecule has 3 aliphatic carbocycles. The highest BCUT2D eigenvalue weighted by atomic mass is 15.2. The molecule has 12 bridgehead atoms. The highest BCUT2D eigenvalue weighted by Gasteiger charge is 2.52. The van der Waals surface area contributed by atoms with Crippen molar-refractivity contribution in [3.63, 3.8) is 0 Å². The molecule has 0 radical (unpaired) electrons. The summed E-state index contributed by atoms with van der Waals surface area (Å²) in [6.07, 6.45) is 0. The number of rotatable bonds is 3. The molecule has 612 valence electrons. The number of hydrogen-bond donors (Lipinski definition) is 0. The van der Waals surface area contributed by atoms with Crippen molar-refractivity contribution in [1.82, 2.24) is 0 Å². The second-order valence-electron chi connectivity index (χ2n) is 42.1. The van der Waals surface area contributed by atoms with Gasteiger partial charge < -0.3 is 14.7 Å². The molecule has 0 fully saturated rings. The zero-order chi connectivity index (χ0) is 86.2. The Morgan fingerprint density at radius 1 is 0.154 bits per heavy atom. The Kier molecular flexibility index (Phi) is 18.7. The third kappa shape index (κ3) is 13.1. The monoisotopic (exact) mass is 1600 g/mol. The summed E-state index contributed by atoms with van der Waals surface area (Å²) in [5, 5.41) is 0. The van der Waals surface area contributed by atoms with E-state index >= 15 is 0 Å². The smallest absolute Gasteiger partial charge is 0.0713 e. The molecule has 10 heterocycles. The molecule has 0 unspecified atom stereocenters. The summed E-state index contributed by atoms with van der Waals surface area (Å²) in [4.78, 5) is 7.42. The minimum Gasteiger partial charge on any atom is -0.311 e. The number of hydrogen-bond acceptors (Lipinski definition) is 3. The molecule has 0 atom stereocenters. The Morgan fingerprint density at radius 3 is 0.398 bits per heavy atom. The average molecular weight is 1600 g/mol. The van der Waals surface area contributed by atoms with E-state index in [0.29, 0.717) is 0 Å². The van der Waals surface area contributed by atoms with Crippen molar-refractivity contribution < 1.29 is 0 Å². The molecule has 0 saturated heterocycles. The molecule has 123 heavy (non-hydrogen) atoms. The van der Waals surface area contributed by atoms with Crippen molar-refractivity contribution in [3.05, 3.63) is 444 Å². The first-order valence-corrected chi connectivity index (χ1v) is 44.6. The lowest BCUT2D eigenvalue weighted by molar-refractivity contribution is 0.585. The van der Waals surface area contributed by atoms with Crippen LogP contribution < -0.4 is 14.7 Å². The highest BCUT2D eigenvalue weighted by molar-refractivity contribution is 5.93. The Hall–Kier alpha value is -12.3. The summed E-state index contributed by atoms with van der Waals surface area (Å²) in [5.41, 5.74) is 40.8. The fraction of sp³-hybridized carbons (Fsp3) is 0.250. The maximum Gasteiger partial charge on any atom is 0.0713 e. The van der Waals surface area contributed by atoms with Crippen LogP contribution in [-0.2, 0) is 48.7 Å². The number of aryl methyl sites for hydroxylation is 3. The third-order valence-electron chi connectivity index (χ3n) is 27.8. The molecule has 3 heteroatoms. The van der Waals surface area contributed by atoms with Crippen LogP contribution in [0.3, 0.4) is 0 Å². The van der Waals surface area contributed by atoms with Gasteiger partial charge in [0.15, 0.2) is 0 Å². The lowest BCUT2D eigenvalue weighted by atomic mass is 9.66. The highest BCUT2D eigenvalue weighted by Crippen LogP contribution is 2.63. The number of nitrogens with zero attached hydrogens (tertiary/aromatic N) is 3. The summed E-state index contributed by atoms with van der Waals surface area (Å²) >= 11 is 0. The summed E-state index contributed by atoms with van der Waals surface area (Å²) in [6.45, 7) is 49.0. The fourth-order valence-electron chi connectivity index (χ4n) is 20.7. The van der Waals surface area contributed by atoms with Gasteiger partial charge in [0, 0.05) is 51.2 Å². The molecule has 3 nitrogen and oxygen atoms in total. The van der Waals surface area contributed by atoms with Gasteiger partial charge in [-0.3, -0.25) is 0 Å². The van der Waals surface area contributed by atoms with Crippen LogP contribution in [0.2, 0.25) is 0 Å². The van der Waals surface area contributed by atoms with E-state index in [1.165, 1.54) is 150 Å². The first-order chi connectivity index (χ1) is 58.4. The lowest BCUT2D eigenvalue weighted by Crippen LogP contribution is -2.30. The molecule has 15 aromatic carbocycles. The standard InChI is InChI=1S/C120H117N3/c1-76-22-46-91(47-23-76)121-94-52-28-79(29-53-94)118(106-70-85(112(4,5)6)40-64-100(106)101-65-41-86(71-107(101)118)113(7,8)9)81-32-56-96(57-33-81)122(92-48-24-77(2)25-49-92)98-60-36-83(37-61-98)120(110-74-89(116(16,17)18)44-68-104(110)105-69-45-90(75-111(105)120)117(19,20)21)84-38-62-99(63-39-84)123(93-50-26-78(3)27-51-93)97-58-34-82(35-59-97)119(80-30-54-95(121)55-31-80)108-72-87(114(10,11)12)42-66-102(108)103-67-43-88(73-109(103)119)115(13,14)15/h22-75H,1-21H3. The predicted molar refractivity (Wildman–Crippen MR) is 522 cm³/mol. The zero-order valence-corrected chi connectivity index (χ0v) is 76.0. The Bertz CT molecular complexity index is 5630. The molecule has 0 amide bonds. The second-order valence-corrected chi connectivity index (χ2v) is 42.1. The van der Waals surface area contributed by atoms with E-state index < -0.39 is 16.2 Å². The topological polar surface area (TPSA) is 9.72 Å². The van der Waals surface area contributed by atoms with Crippen molar-refractivity contribution in [3.8, 4) is 33.4 Å². The van der Waals surface area contributed by atoms with E-state index in [2.05, 4.69) is 488 Å². The Morgan fingerprint density at radius 2 is 0.276 bits per heavy atom.